The van der Waals surface area contributed by atoms with Crippen molar-refractivity contribution in [1.82, 2.24) is 15.0 Å². The number of rotatable bonds is 2. The molecule has 2 rings (SSSR count). The lowest BCUT2D eigenvalue weighted by atomic mass is 10.3. The molecular weight excluding hydrogens is 202 g/mol. The van der Waals surface area contributed by atoms with Gasteiger partial charge < -0.3 is 5.11 Å². The molecule has 5 nitrogen and oxygen atoms in total. The van der Waals surface area contributed by atoms with Crippen LogP contribution in [0.4, 0.5) is 0 Å². The molecule has 2 aromatic heterocycles. The molecule has 0 saturated carbocycles. The van der Waals surface area contributed by atoms with E-state index in [1.54, 1.807) is 29.4 Å². The lowest BCUT2D eigenvalue weighted by Gasteiger charge is -1.85. The van der Waals surface area contributed by atoms with E-state index in [-0.39, 0.29) is 5.56 Å². The van der Waals surface area contributed by atoms with Gasteiger partial charge in [0.05, 0.1) is 16.6 Å². The first kappa shape index (κ1) is 8.89. The Morgan fingerprint density at radius 3 is 2.93 bits per heavy atom. The third-order valence-electron chi connectivity index (χ3n) is 1.70. The van der Waals surface area contributed by atoms with E-state index >= 15 is 0 Å². The zero-order valence-corrected chi connectivity index (χ0v) is 8.15. The number of nitrogens with zero attached hydrogens (tertiary/aromatic N) is 3. The van der Waals surface area contributed by atoms with Gasteiger partial charge in [-0.15, -0.1) is 16.4 Å². The second-order valence-corrected chi connectivity index (χ2v) is 3.69. The van der Waals surface area contributed by atoms with Gasteiger partial charge in [-0.05, 0) is 6.07 Å². The number of aromatic nitrogens is 3. The predicted octanol–water partition coefficient (Wildman–Crippen LogP) is 1.24. The largest absolute Gasteiger partial charge is 0.478 e. The van der Waals surface area contributed by atoms with Crippen LogP contribution in [0, 0.1) is 0 Å². The molecule has 0 aliphatic heterocycles. The first-order valence-electron chi connectivity index (χ1n) is 3.85. The molecule has 2 aromatic rings. The molecule has 1 N–H and O–H groups in total. The van der Waals surface area contributed by atoms with Crippen molar-refractivity contribution in [2.45, 2.75) is 0 Å². The summed E-state index contributed by atoms with van der Waals surface area (Å²) in [4.78, 5) is 11.4. The van der Waals surface area contributed by atoms with Crippen molar-refractivity contribution in [2.24, 2.45) is 7.05 Å². The fourth-order valence-corrected chi connectivity index (χ4v) is 1.88. The highest BCUT2D eigenvalue weighted by atomic mass is 32.1. The Morgan fingerprint density at radius 2 is 2.43 bits per heavy atom. The third kappa shape index (κ3) is 1.51. The van der Waals surface area contributed by atoms with Gasteiger partial charge in [0.1, 0.15) is 5.69 Å². The Bertz CT molecular complexity index is 474. The molecule has 0 atom stereocenters. The Kier molecular flexibility index (Phi) is 2.05. The first-order valence-corrected chi connectivity index (χ1v) is 4.73. The van der Waals surface area contributed by atoms with Gasteiger partial charge in [0.2, 0.25) is 0 Å². The standard InChI is InChI=1S/C8H7N3O2S/c1-11-3-6(9-10-11)7-2-5(4-14-7)8(12)13/h2-4H,1H3,(H,12,13). The van der Waals surface area contributed by atoms with Gasteiger partial charge in [0, 0.05) is 12.4 Å². The molecule has 2 heterocycles. The van der Waals surface area contributed by atoms with E-state index in [0.29, 0.717) is 5.69 Å². The Hall–Kier alpha value is -1.69. The van der Waals surface area contributed by atoms with Crippen molar-refractivity contribution in [2.75, 3.05) is 0 Å². The molecule has 0 aliphatic rings. The van der Waals surface area contributed by atoms with Crippen LogP contribution in [0.2, 0.25) is 0 Å². The van der Waals surface area contributed by atoms with Gasteiger partial charge in [-0.25, -0.2) is 4.79 Å². The molecule has 0 bridgehead atoms. The average molecular weight is 209 g/mol. The van der Waals surface area contributed by atoms with Crippen molar-refractivity contribution in [3.05, 3.63) is 23.2 Å². The van der Waals surface area contributed by atoms with E-state index < -0.39 is 5.97 Å². The van der Waals surface area contributed by atoms with Crippen LogP contribution in [0.15, 0.2) is 17.6 Å². The molecular formula is C8H7N3O2S. The third-order valence-corrected chi connectivity index (χ3v) is 2.65. The molecule has 72 valence electrons. The predicted molar refractivity (Wildman–Crippen MR) is 51.3 cm³/mol. The highest BCUT2D eigenvalue weighted by Gasteiger charge is 2.09. The second-order valence-electron chi connectivity index (χ2n) is 2.78. The fourth-order valence-electron chi connectivity index (χ4n) is 1.04. The van der Waals surface area contributed by atoms with Gasteiger partial charge >= 0.3 is 5.97 Å². The van der Waals surface area contributed by atoms with Crippen LogP contribution in [0.5, 0.6) is 0 Å². The fraction of sp³-hybridized carbons (Fsp3) is 0.125. The average Bonchev–Trinajstić information content (AvgIpc) is 2.70. The van der Waals surface area contributed by atoms with Crippen molar-refractivity contribution < 1.29 is 9.90 Å². The molecule has 0 radical (unpaired) electrons. The van der Waals surface area contributed by atoms with Crippen molar-refractivity contribution in [3.8, 4) is 10.6 Å². The van der Waals surface area contributed by atoms with Crippen LogP contribution in [-0.4, -0.2) is 26.1 Å². The Labute approximate surface area is 83.6 Å². The summed E-state index contributed by atoms with van der Waals surface area (Å²) in [6, 6.07) is 1.59. The van der Waals surface area contributed by atoms with Gasteiger partial charge in [-0.1, -0.05) is 5.21 Å². The number of carboxylic acid groups (broad SMARTS) is 1. The van der Waals surface area contributed by atoms with Crippen LogP contribution in [0.25, 0.3) is 10.6 Å². The van der Waals surface area contributed by atoms with Crippen molar-refractivity contribution >= 4 is 17.3 Å². The SMILES string of the molecule is Cn1cc(-c2cc(C(=O)O)cs2)nn1. The highest BCUT2D eigenvalue weighted by Crippen LogP contribution is 2.24. The molecule has 0 aliphatic carbocycles. The number of hydrogen-bond donors (Lipinski definition) is 1. The highest BCUT2D eigenvalue weighted by molar-refractivity contribution is 7.13. The van der Waals surface area contributed by atoms with Gasteiger partial charge in [0.25, 0.3) is 0 Å². The number of aryl methyl sites for hydroxylation is 1. The second kappa shape index (κ2) is 3.22. The molecule has 0 spiro atoms. The van der Waals surface area contributed by atoms with E-state index in [9.17, 15) is 4.79 Å². The van der Waals surface area contributed by atoms with Crippen LogP contribution in [0.1, 0.15) is 10.4 Å². The molecule has 0 amide bonds. The minimum absolute atomic E-state index is 0.288. The number of aromatic carboxylic acids is 1. The molecule has 6 heteroatoms. The van der Waals surface area contributed by atoms with Crippen molar-refractivity contribution in [1.29, 1.82) is 0 Å². The maximum absolute atomic E-state index is 10.6. The Morgan fingerprint density at radius 1 is 1.64 bits per heavy atom. The summed E-state index contributed by atoms with van der Waals surface area (Å²) in [5.41, 5.74) is 0.987. The summed E-state index contributed by atoms with van der Waals surface area (Å²) in [5, 5.41) is 18.0. The van der Waals surface area contributed by atoms with Crippen LogP contribution in [-0.2, 0) is 7.05 Å². The first-order chi connectivity index (χ1) is 6.66. The van der Waals surface area contributed by atoms with Gasteiger partial charge in [-0.2, -0.15) is 0 Å². The minimum atomic E-state index is -0.920. The quantitative estimate of drug-likeness (QED) is 0.808. The summed E-state index contributed by atoms with van der Waals surface area (Å²) in [6.07, 6.45) is 1.75. The molecule has 0 aromatic carbocycles. The lowest BCUT2D eigenvalue weighted by Crippen LogP contribution is -1.91. The van der Waals surface area contributed by atoms with E-state index in [0.717, 1.165) is 4.88 Å². The topological polar surface area (TPSA) is 68.0 Å². The monoisotopic (exact) mass is 209 g/mol. The summed E-state index contributed by atoms with van der Waals surface area (Å²) in [6.45, 7) is 0. The van der Waals surface area contributed by atoms with Crippen LogP contribution < -0.4 is 0 Å². The van der Waals surface area contributed by atoms with E-state index in [1.165, 1.54) is 11.3 Å². The smallest absolute Gasteiger partial charge is 0.336 e. The van der Waals surface area contributed by atoms with Crippen LogP contribution >= 0.6 is 11.3 Å². The number of carboxylic acids is 1. The lowest BCUT2D eigenvalue weighted by molar-refractivity contribution is 0.0697. The van der Waals surface area contributed by atoms with E-state index in [2.05, 4.69) is 10.3 Å². The maximum atomic E-state index is 10.6. The normalized spacial score (nSPS) is 10.4. The minimum Gasteiger partial charge on any atom is -0.478 e. The van der Waals surface area contributed by atoms with Gasteiger partial charge in [0.15, 0.2) is 0 Å². The summed E-state index contributed by atoms with van der Waals surface area (Å²) >= 11 is 1.35. The van der Waals surface area contributed by atoms with E-state index in [1.807, 2.05) is 0 Å². The molecule has 0 saturated heterocycles. The number of carbonyl (C=O) groups is 1. The molecule has 0 fully saturated rings. The van der Waals surface area contributed by atoms with Gasteiger partial charge in [-0.3, -0.25) is 4.68 Å². The number of hydrogen-bond acceptors (Lipinski definition) is 4. The summed E-state index contributed by atoms with van der Waals surface area (Å²) < 4.78 is 1.58. The maximum Gasteiger partial charge on any atom is 0.336 e. The zero-order valence-electron chi connectivity index (χ0n) is 7.34. The summed E-state index contributed by atoms with van der Waals surface area (Å²) in [5.74, 6) is -0.920. The Balaban J connectivity index is 2.38. The van der Waals surface area contributed by atoms with E-state index in [4.69, 9.17) is 5.11 Å². The summed E-state index contributed by atoms with van der Waals surface area (Å²) in [7, 11) is 1.77. The molecule has 0 unspecified atom stereocenters. The van der Waals surface area contributed by atoms with Crippen LogP contribution in [0.3, 0.4) is 0 Å². The zero-order chi connectivity index (χ0) is 10.1. The number of thiophene rings is 1. The van der Waals surface area contributed by atoms with Crippen molar-refractivity contribution in [3.63, 3.8) is 0 Å². The molecule has 14 heavy (non-hydrogen) atoms.